The second-order valence-electron chi connectivity index (χ2n) is 12.2. The van der Waals surface area contributed by atoms with Gasteiger partial charge in [0.15, 0.2) is 12.1 Å². The molecule has 2 aliphatic heterocycles. The number of aliphatic hydroxyl groups is 4. The standard InChI is InChI=1S/C25H38O7/c1-12(2)7-9-31-21-24-16(27)6-8-22(4,5)18(24)20(29)25(30,32-21)23-11-14(13(3)19(23)28)10-15(26)17(23)24/h12,14-18,20-21,26-27,29-30H,3,6-11H2,1-2,4-5H3/t14-,15+,16+,17-,18-,20+,21+,23+,24-,25-/m0/s1. The van der Waals surface area contributed by atoms with Crippen molar-refractivity contribution in [3.8, 4) is 0 Å². The molecule has 0 aromatic rings. The van der Waals surface area contributed by atoms with Gasteiger partial charge in [-0.2, -0.15) is 0 Å². The molecule has 2 heterocycles. The van der Waals surface area contributed by atoms with E-state index in [0.717, 1.165) is 6.42 Å². The number of hydrogen-bond donors (Lipinski definition) is 4. The number of Topliss-reactive ketones (excluding diaryl/α,β-unsaturated/α-hetero) is 1. The molecule has 4 bridgehead atoms. The van der Waals surface area contributed by atoms with E-state index < -0.39 is 58.5 Å². The minimum Gasteiger partial charge on any atom is -0.393 e. The summed E-state index contributed by atoms with van der Waals surface area (Å²) in [7, 11) is 0. The van der Waals surface area contributed by atoms with Gasteiger partial charge in [0, 0.05) is 11.8 Å². The molecule has 0 amide bonds. The van der Waals surface area contributed by atoms with E-state index in [1.54, 1.807) is 0 Å². The number of ether oxygens (including phenoxy) is 2. The topological polar surface area (TPSA) is 116 Å². The smallest absolute Gasteiger partial charge is 0.208 e. The van der Waals surface area contributed by atoms with Crippen LogP contribution in [0.2, 0.25) is 0 Å². The van der Waals surface area contributed by atoms with Crippen LogP contribution < -0.4 is 0 Å². The lowest BCUT2D eigenvalue weighted by Crippen LogP contribution is -2.87. The van der Waals surface area contributed by atoms with Crippen molar-refractivity contribution in [2.24, 2.45) is 39.9 Å². The first-order valence-corrected chi connectivity index (χ1v) is 12.1. The number of carbonyl (C=O) groups is 1. The van der Waals surface area contributed by atoms with Gasteiger partial charge in [-0.1, -0.05) is 34.3 Å². The number of aliphatic hydroxyl groups excluding tert-OH is 3. The fraction of sp³-hybridized carbons (Fsp3) is 0.880. The van der Waals surface area contributed by atoms with Gasteiger partial charge >= 0.3 is 0 Å². The lowest BCUT2D eigenvalue weighted by molar-refractivity contribution is -0.510. The maximum Gasteiger partial charge on any atom is 0.208 e. The van der Waals surface area contributed by atoms with Crippen molar-refractivity contribution >= 4 is 5.78 Å². The first kappa shape index (κ1) is 22.9. The van der Waals surface area contributed by atoms with E-state index in [-0.39, 0.29) is 18.1 Å². The minimum atomic E-state index is -2.21. The fourth-order valence-electron chi connectivity index (χ4n) is 8.49. The van der Waals surface area contributed by atoms with Gasteiger partial charge in [-0.25, -0.2) is 0 Å². The van der Waals surface area contributed by atoms with Crippen molar-refractivity contribution in [3.05, 3.63) is 12.2 Å². The van der Waals surface area contributed by atoms with Crippen LogP contribution in [0, 0.1) is 39.9 Å². The molecule has 0 aromatic heterocycles. The Kier molecular flexibility index (Phi) is 4.92. The van der Waals surface area contributed by atoms with E-state index in [1.165, 1.54) is 0 Å². The first-order chi connectivity index (χ1) is 14.9. The summed E-state index contributed by atoms with van der Waals surface area (Å²) in [5, 5.41) is 46.9. The van der Waals surface area contributed by atoms with Gasteiger partial charge in [0.2, 0.25) is 5.79 Å². The lowest BCUT2D eigenvalue weighted by Gasteiger charge is -2.76. The Balaban J connectivity index is 1.73. The molecular formula is C25H38O7. The monoisotopic (exact) mass is 450 g/mol. The molecule has 4 N–H and O–H groups in total. The van der Waals surface area contributed by atoms with Crippen LogP contribution in [0.5, 0.6) is 0 Å². The third kappa shape index (κ3) is 2.40. The van der Waals surface area contributed by atoms with E-state index >= 15 is 0 Å². The van der Waals surface area contributed by atoms with Gasteiger partial charge in [0.1, 0.15) is 6.10 Å². The summed E-state index contributed by atoms with van der Waals surface area (Å²) in [4.78, 5) is 13.7. The van der Waals surface area contributed by atoms with Crippen molar-refractivity contribution in [3.63, 3.8) is 0 Å². The zero-order valence-corrected chi connectivity index (χ0v) is 19.6. The van der Waals surface area contributed by atoms with Crippen molar-refractivity contribution in [2.45, 2.75) is 90.2 Å². The van der Waals surface area contributed by atoms with Crippen LogP contribution in [0.15, 0.2) is 12.2 Å². The van der Waals surface area contributed by atoms with Crippen LogP contribution in [0.1, 0.15) is 59.8 Å². The Hall–Kier alpha value is -0.830. The number of rotatable bonds is 4. The van der Waals surface area contributed by atoms with E-state index in [2.05, 4.69) is 20.4 Å². The van der Waals surface area contributed by atoms with Gasteiger partial charge in [-0.3, -0.25) is 4.79 Å². The second kappa shape index (κ2) is 6.86. The fourth-order valence-corrected chi connectivity index (χ4v) is 8.49. The predicted octanol–water partition coefficient (Wildman–Crippen LogP) is 1.76. The molecular weight excluding hydrogens is 412 g/mol. The van der Waals surface area contributed by atoms with Gasteiger partial charge in [0.05, 0.1) is 29.6 Å². The van der Waals surface area contributed by atoms with Crippen molar-refractivity contribution in [1.29, 1.82) is 0 Å². The SMILES string of the molecule is C=C1C(=O)[C@@]23C[C@@H]1C[C@@H](O)[C@@H]2[C@]12[C@H](OCCC(C)C)O[C@@]3(O)[C@H](O)[C@H]1C(C)(C)CC[C@H]2O. The van der Waals surface area contributed by atoms with E-state index in [0.29, 0.717) is 37.4 Å². The Morgan fingerprint density at radius 2 is 1.91 bits per heavy atom. The van der Waals surface area contributed by atoms with Crippen LogP contribution in [-0.4, -0.2) is 63.2 Å². The maximum atomic E-state index is 13.7. The summed E-state index contributed by atoms with van der Waals surface area (Å²) in [5.41, 5.74) is -2.84. The molecule has 2 spiro atoms. The van der Waals surface area contributed by atoms with Crippen LogP contribution in [0.25, 0.3) is 0 Å². The number of hydrogen-bond acceptors (Lipinski definition) is 7. The molecule has 4 aliphatic carbocycles. The molecule has 0 radical (unpaired) electrons. The molecule has 4 saturated carbocycles. The summed E-state index contributed by atoms with van der Waals surface area (Å²) in [6.07, 6.45) is -1.85. The second-order valence-corrected chi connectivity index (χ2v) is 12.2. The summed E-state index contributed by atoms with van der Waals surface area (Å²) in [5.74, 6) is -3.83. The molecule has 7 heteroatoms. The summed E-state index contributed by atoms with van der Waals surface area (Å²) in [6, 6.07) is 0. The van der Waals surface area contributed by atoms with Gasteiger partial charge < -0.3 is 29.9 Å². The highest BCUT2D eigenvalue weighted by Crippen LogP contribution is 2.78. The highest BCUT2D eigenvalue weighted by atomic mass is 16.8. The van der Waals surface area contributed by atoms with Gasteiger partial charge in [0.25, 0.3) is 0 Å². The van der Waals surface area contributed by atoms with E-state index in [4.69, 9.17) is 9.47 Å². The number of allylic oxidation sites excluding steroid dienone is 1. The Labute approximate surface area is 189 Å². The van der Waals surface area contributed by atoms with Crippen molar-refractivity contribution < 1.29 is 34.7 Å². The molecule has 180 valence electrons. The van der Waals surface area contributed by atoms with Crippen molar-refractivity contribution in [1.82, 2.24) is 0 Å². The van der Waals surface area contributed by atoms with Gasteiger partial charge in [-0.05, 0) is 54.9 Å². The average molecular weight is 451 g/mol. The number of carbonyl (C=O) groups excluding carboxylic acids is 1. The normalized spacial score (nSPS) is 53.5. The van der Waals surface area contributed by atoms with Crippen LogP contribution in [-0.2, 0) is 14.3 Å². The molecule has 0 aromatic carbocycles. The molecule has 6 fully saturated rings. The summed E-state index contributed by atoms with van der Waals surface area (Å²) < 4.78 is 12.4. The summed E-state index contributed by atoms with van der Waals surface area (Å²) >= 11 is 0. The van der Waals surface area contributed by atoms with Crippen molar-refractivity contribution in [2.75, 3.05) is 6.61 Å². The predicted molar refractivity (Wildman–Crippen MR) is 115 cm³/mol. The molecule has 32 heavy (non-hydrogen) atoms. The van der Waals surface area contributed by atoms with Gasteiger partial charge in [-0.15, -0.1) is 0 Å². The third-order valence-corrected chi connectivity index (χ3v) is 9.77. The zero-order valence-electron chi connectivity index (χ0n) is 19.6. The van der Waals surface area contributed by atoms with Crippen LogP contribution in [0.4, 0.5) is 0 Å². The highest BCUT2D eigenvalue weighted by Gasteiger charge is 2.88. The average Bonchev–Trinajstić information content (AvgIpc) is 2.89. The molecule has 10 atom stereocenters. The van der Waals surface area contributed by atoms with Crippen LogP contribution >= 0.6 is 0 Å². The van der Waals surface area contributed by atoms with E-state index in [1.807, 2.05) is 13.8 Å². The highest BCUT2D eigenvalue weighted by molar-refractivity contribution is 6.04. The Bertz CT molecular complexity index is 838. The molecule has 2 saturated heterocycles. The largest absolute Gasteiger partial charge is 0.393 e. The Morgan fingerprint density at radius 1 is 1.22 bits per heavy atom. The quantitative estimate of drug-likeness (QED) is 0.482. The molecule has 7 nitrogen and oxygen atoms in total. The minimum absolute atomic E-state index is 0.264. The molecule has 6 aliphatic rings. The first-order valence-electron chi connectivity index (χ1n) is 12.1. The lowest BCUT2D eigenvalue weighted by atomic mass is 9.35. The number of ketones is 1. The van der Waals surface area contributed by atoms with Crippen LogP contribution in [0.3, 0.4) is 0 Å². The molecule has 6 rings (SSSR count). The maximum absolute atomic E-state index is 13.7. The Morgan fingerprint density at radius 3 is 2.56 bits per heavy atom. The van der Waals surface area contributed by atoms with E-state index in [9.17, 15) is 25.2 Å². The number of fused-ring (bicyclic) bond motifs is 2. The summed E-state index contributed by atoms with van der Waals surface area (Å²) in [6.45, 7) is 12.5. The molecule has 0 unspecified atom stereocenters. The third-order valence-electron chi connectivity index (χ3n) is 9.77. The zero-order chi connectivity index (χ0) is 23.4.